The highest BCUT2D eigenvalue weighted by Crippen LogP contribution is 2.28. The molecule has 0 bridgehead atoms. The Morgan fingerprint density at radius 3 is 3.12 bits per heavy atom. The third-order valence-corrected chi connectivity index (χ3v) is 3.85. The number of hydrogen-bond donors (Lipinski definition) is 2. The molecule has 0 atom stereocenters. The van der Waals surface area contributed by atoms with Crippen LogP contribution in [-0.2, 0) is 0 Å². The van der Waals surface area contributed by atoms with Gasteiger partial charge in [-0.2, -0.15) is 0 Å². The fraction of sp³-hybridized carbons (Fsp3) is 0.455. The zero-order valence-corrected chi connectivity index (χ0v) is 9.57. The summed E-state index contributed by atoms with van der Waals surface area (Å²) < 4.78 is 0. The average Bonchev–Trinajstić information content (AvgIpc) is 2.71. The first-order valence-electron chi connectivity index (χ1n) is 5.43. The third-order valence-electron chi connectivity index (χ3n) is 3.03. The maximum absolute atomic E-state index is 9.20. The van der Waals surface area contributed by atoms with E-state index in [1.54, 1.807) is 17.7 Å². The summed E-state index contributed by atoms with van der Waals surface area (Å²) in [5.74, 6) is 1.49. The average molecular weight is 235 g/mol. The summed E-state index contributed by atoms with van der Waals surface area (Å²) >= 11 is 1.62. The van der Waals surface area contributed by atoms with E-state index in [-0.39, 0.29) is 6.10 Å². The second kappa shape index (κ2) is 3.99. The molecular formula is C11H13N3OS. The van der Waals surface area contributed by atoms with Crippen LogP contribution in [0.25, 0.3) is 10.2 Å². The quantitative estimate of drug-likeness (QED) is 0.852. The van der Waals surface area contributed by atoms with Crippen molar-refractivity contribution >= 4 is 27.4 Å². The number of aromatic nitrogens is 2. The van der Waals surface area contributed by atoms with Crippen LogP contribution in [0, 0.1) is 5.92 Å². The molecule has 2 N–H and O–H groups in total. The van der Waals surface area contributed by atoms with E-state index >= 15 is 0 Å². The topological polar surface area (TPSA) is 58.0 Å². The van der Waals surface area contributed by atoms with E-state index in [2.05, 4.69) is 15.3 Å². The van der Waals surface area contributed by atoms with Crippen molar-refractivity contribution in [2.45, 2.75) is 18.9 Å². The van der Waals surface area contributed by atoms with Crippen LogP contribution in [0.4, 0.5) is 5.82 Å². The standard InChI is InChI=1S/C11H13N3OS/c15-8-3-7(4-8)5-12-10-9-1-2-16-11(9)14-6-13-10/h1-2,6-8,15H,3-5H2,(H,12,13,14). The molecule has 0 unspecified atom stereocenters. The minimum atomic E-state index is -0.0848. The monoisotopic (exact) mass is 235 g/mol. The zero-order valence-electron chi connectivity index (χ0n) is 8.76. The van der Waals surface area contributed by atoms with E-state index in [4.69, 9.17) is 0 Å². The molecule has 2 aromatic heterocycles. The molecule has 0 saturated heterocycles. The summed E-state index contributed by atoms with van der Waals surface area (Å²) in [7, 11) is 0. The van der Waals surface area contributed by atoms with Gasteiger partial charge in [0.1, 0.15) is 17.0 Å². The van der Waals surface area contributed by atoms with Gasteiger partial charge < -0.3 is 10.4 Å². The molecule has 4 nitrogen and oxygen atoms in total. The van der Waals surface area contributed by atoms with Gasteiger partial charge in [-0.1, -0.05) is 0 Å². The lowest BCUT2D eigenvalue weighted by Gasteiger charge is -2.31. The van der Waals surface area contributed by atoms with Crippen molar-refractivity contribution in [3.05, 3.63) is 17.8 Å². The molecule has 0 radical (unpaired) electrons. The number of thiophene rings is 1. The van der Waals surface area contributed by atoms with Crippen LogP contribution in [0.2, 0.25) is 0 Å². The Kier molecular flexibility index (Phi) is 2.49. The SMILES string of the molecule is OC1CC(CNc2ncnc3sccc23)C1. The van der Waals surface area contributed by atoms with Gasteiger partial charge in [-0.25, -0.2) is 9.97 Å². The van der Waals surface area contributed by atoms with Crippen LogP contribution in [0.1, 0.15) is 12.8 Å². The normalized spacial score (nSPS) is 24.3. The first kappa shape index (κ1) is 9.99. The summed E-state index contributed by atoms with van der Waals surface area (Å²) in [6, 6.07) is 2.04. The minimum absolute atomic E-state index is 0.0848. The summed E-state index contributed by atoms with van der Waals surface area (Å²) in [4.78, 5) is 9.47. The molecule has 0 amide bonds. The Bertz CT molecular complexity index is 493. The van der Waals surface area contributed by atoms with E-state index in [9.17, 15) is 5.11 Å². The van der Waals surface area contributed by atoms with Gasteiger partial charge in [0.25, 0.3) is 0 Å². The van der Waals surface area contributed by atoms with Crippen molar-refractivity contribution in [2.75, 3.05) is 11.9 Å². The second-order valence-corrected chi connectivity index (χ2v) is 5.13. The summed E-state index contributed by atoms with van der Waals surface area (Å²) in [5, 5.41) is 15.7. The van der Waals surface area contributed by atoms with Crippen molar-refractivity contribution in [3.8, 4) is 0 Å². The molecule has 84 valence electrons. The number of hydrogen-bond acceptors (Lipinski definition) is 5. The lowest BCUT2D eigenvalue weighted by Crippen LogP contribution is -2.33. The number of anilines is 1. The van der Waals surface area contributed by atoms with Gasteiger partial charge in [0.2, 0.25) is 0 Å². The Hall–Kier alpha value is -1.20. The van der Waals surface area contributed by atoms with Gasteiger partial charge in [-0.3, -0.25) is 0 Å². The molecule has 1 saturated carbocycles. The molecule has 1 aliphatic rings. The van der Waals surface area contributed by atoms with E-state index in [1.165, 1.54) is 0 Å². The van der Waals surface area contributed by atoms with Crippen molar-refractivity contribution in [3.63, 3.8) is 0 Å². The number of aliphatic hydroxyl groups excluding tert-OH is 1. The lowest BCUT2D eigenvalue weighted by atomic mass is 9.82. The van der Waals surface area contributed by atoms with Crippen molar-refractivity contribution in [1.29, 1.82) is 0 Å². The van der Waals surface area contributed by atoms with Crippen LogP contribution >= 0.6 is 11.3 Å². The molecule has 2 aromatic rings. The van der Waals surface area contributed by atoms with Crippen LogP contribution in [-0.4, -0.2) is 27.7 Å². The van der Waals surface area contributed by atoms with Crippen LogP contribution < -0.4 is 5.32 Å². The number of aliphatic hydroxyl groups is 1. The Labute approximate surface area is 97.4 Å². The molecule has 16 heavy (non-hydrogen) atoms. The van der Waals surface area contributed by atoms with Crippen LogP contribution in [0.5, 0.6) is 0 Å². The Morgan fingerprint density at radius 1 is 1.44 bits per heavy atom. The molecule has 2 heterocycles. The predicted molar refractivity (Wildman–Crippen MR) is 64.6 cm³/mol. The molecule has 1 fully saturated rings. The minimum Gasteiger partial charge on any atom is -0.393 e. The van der Waals surface area contributed by atoms with Gasteiger partial charge in [-0.05, 0) is 30.2 Å². The Morgan fingerprint density at radius 2 is 2.31 bits per heavy atom. The van der Waals surface area contributed by atoms with Gasteiger partial charge in [-0.15, -0.1) is 11.3 Å². The molecule has 1 aliphatic carbocycles. The van der Waals surface area contributed by atoms with Crippen molar-refractivity contribution in [1.82, 2.24) is 9.97 Å². The van der Waals surface area contributed by atoms with E-state index in [0.717, 1.165) is 35.4 Å². The predicted octanol–water partition coefficient (Wildman–Crippen LogP) is 1.87. The van der Waals surface area contributed by atoms with Gasteiger partial charge in [0, 0.05) is 6.54 Å². The molecule has 0 aliphatic heterocycles. The Balaban J connectivity index is 1.71. The number of nitrogens with one attached hydrogen (secondary N) is 1. The fourth-order valence-corrected chi connectivity index (χ4v) is 2.77. The van der Waals surface area contributed by atoms with Crippen molar-refractivity contribution < 1.29 is 5.11 Å². The second-order valence-electron chi connectivity index (χ2n) is 4.23. The number of fused-ring (bicyclic) bond motifs is 1. The van der Waals surface area contributed by atoms with E-state index in [1.807, 2.05) is 11.4 Å². The lowest BCUT2D eigenvalue weighted by molar-refractivity contribution is 0.0486. The van der Waals surface area contributed by atoms with Crippen LogP contribution in [0.15, 0.2) is 17.8 Å². The first-order chi connectivity index (χ1) is 7.83. The van der Waals surface area contributed by atoms with E-state index in [0.29, 0.717) is 5.92 Å². The van der Waals surface area contributed by atoms with Gasteiger partial charge in [0.05, 0.1) is 11.5 Å². The maximum atomic E-state index is 9.20. The number of nitrogens with zero attached hydrogens (tertiary/aromatic N) is 2. The molecule has 0 aromatic carbocycles. The highest BCUT2D eigenvalue weighted by atomic mass is 32.1. The fourth-order valence-electron chi connectivity index (χ4n) is 2.04. The summed E-state index contributed by atoms with van der Waals surface area (Å²) in [6.07, 6.45) is 3.32. The number of rotatable bonds is 3. The molecule has 5 heteroatoms. The van der Waals surface area contributed by atoms with Crippen LogP contribution in [0.3, 0.4) is 0 Å². The maximum Gasteiger partial charge on any atom is 0.138 e. The highest BCUT2D eigenvalue weighted by Gasteiger charge is 2.26. The largest absolute Gasteiger partial charge is 0.393 e. The summed E-state index contributed by atoms with van der Waals surface area (Å²) in [6.45, 7) is 0.888. The molecule has 0 spiro atoms. The third kappa shape index (κ3) is 1.76. The highest BCUT2D eigenvalue weighted by molar-refractivity contribution is 7.16. The van der Waals surface area contributed by atoms with Gasteiger partial charge >= 0.3 is 0 Å². The smallest absolute Gasteiger partial charge is 0.138 e. The van der Waals surface area contributed by atoms with Gasteiger partial charge in [0.15, 0.2) is 0 Å². The molecular weight excluding hydrogens is 222 g/mol. The van der Waals surface area contributed by atoms with Crippen molar-refractivity contribution in [2.24, 2.45) is 5.92 Å². The van der Waals surface area contributed by atoms with E-state index < -0.39 is 0 Å². The molecule has 3 rings (SSSR count). The zero-order chi connectivity index (χ0) is 11.0. The summed E-state index contributed by atoms with van der Waals surface area (Å²) in [5.41, 5.74) is 0. The first-order valence-corrected chi connectivity index (χ1v) is 6.31.